The molecule has 30 heavy (non-hydrogen) atoms. The predicted octanol–water partition coefficient (Wildman–Crippen LogP) is 3.82. The predicted molar refractivity (Wildman–Crippen MR) is 118 cm³/mol. The maximum atomic E-state index is 12.4. The van der Waals surface area contributed by atoms with Gasteiger partial charge in [0.05, 0.1) is 20.1 Å². The Kier molecular flexibility index (Phi) is 7.12. The molecule has 3 rings (SSSR count). The van der Waals surface area contributed by atoms with Gasteiger partial charge in [0.15, 0.2) is 11.5 Å². The Morgan fingerprint density at radius 2 is 1.90 bits per heavy atom. The number of fused-ring (bicyclic) bond motifs is 1. The summed E-state index contributed by atoms with van der Waals surface area (Å²) in [6, 6.07) is 14.9. The number of H-pyrrole nitrogens is 1. The van der Waals surface area contributed by atoms with Crippen molar-refractivity contribution in [1.82, 2.24) is 10.3 Å². The van der Waals surface area contributed by atoms with Crippen molar-refractivity contribution >= 4 is 16.8 Å². The Bertz CT molecular complexity index is 1070. The number of methoxy groups -OCH3 is 1. The van der Waals surface area contributed by atoms with Gasteiger partial charge in [-0.05, 0) is 47.6 Å². The Hall–Kier alpha value is -3.28. The normalized spacial score (nSPS) is 10.9. The molecule has 6 heteroatoms. The number of rotatable bonds is 9. The van der Waals surface area contributed by atoms with Crippen molar-refractivity contribution in [2.75, 3.05) is 13.7 Å². The summed E-state index contributed by atoms with van der Waals surface area (Å²) in [5, 5.41) is 3.76. The maximum absolute atomic E-state index is 12.4. The second-order valence-electron chi connectivity index (χ2n) is 7.68. The minimum Gasteiger partial charge on any atom is -0.493 e. The average Bonchev–Trinajstić information content (AvgIpc) is 2.73. The zero-order valence-electron chi connectivity index (χ0n) is 17.7. The summed E-state index contributed by atoms with van der Waals surface area (Å²) >= 11 is 0. The SMILES string of the molecule is COc1cc(CNC(=O)Cc2cc3ccccc3[nH]c2=O)ccc1OCCC(C)C. The number of ether oxygens (including phenoxy) is 2. The molecule has 3 aromatic rings. The number of aromatic nitrogens is 1. The third-order valence-corrected chi connectivity index (χ3v) is 4.85. The molecular weight excluding hydrogens is 380 g/mol. The first-order valence-corrected chi connectivity index (χ1v) is 10.1. The van der Waals surface area contributed by atoms with Crippen LogP contribution in [0.5, 0.6) is 11.5 Å². The summed E-state index contributed by atoms with van der Waals surface area (Å²) in [6.07, 6.45) is 0.989. The molecule has 0 spiro atoms. The molecule has 0 unspecified atom stereocenters. The third-order valence-electron chi connectivity index (χ3n) is 4.85. The number of hydrogen-bond acceptors (Lipinski definition) is 4. The fraction of sp³-hybridized carbons (Fsp3) is 0.333. The molecule has 158 valence electrons. The van der Waals surface area contributed by atoms with E-state index in [1.807, 2.05) is 42.5 Å². The van der Waals surface area contributed by atoms with E-state index in [0.29, 0.717) is 36.1 Å². The Balaban J connectivity index is 1.60. The van der Waals surface area contributed by atoms with Crippen LogP contribution in [0.25, 0.3) is 10.9 Å². The monoisotopic (exact) mass is 408 g/mol. The molecule has 1 amide bonds. The van der Waals surface area contributed by atoms with Crippen LogP contribution in [-0.4, -0.2) is 24.6 Å². The summed E-state index contributed by atoms with van der Waals surface area (Å²) in [7, 11) is 1.60. The number of amides is 1. The van der Waals surface area contributed by atoms with Gasteiger partial charge in [0.1, 0.15) is 0 Å². The number of aromatic amines is 1. The van der Waals surface area contributed by atoms with Crippen molar-refractivity contribution in [3.63, 3.8) is 0 Å². The lowest BCUT2D eigenvalue weighted by Crippen LogP contribution is -2.27. The molecule has 0 aliphatic rings. The van der Waals surface area contributed by atoms with Crippen LogP contribution >= 0.6 is 0 Å². The van der Waals surface area contributed by atoms with Gasteiger partial charge >= 0.3 is 0 Å². The standard InChI is InChI=1S/C24H28N2O4/c1-16(2)10-11-30-21-9-8-17(12-22(21)29-3)15-25-23(27)14-19-13-18-6-4-5-7-20(18)26-24(19)28/h4-9,12-13,16H,10-11,14-15H2,1-3H3,(H,25,27)(H,26,28). The van der Waals surface area contributed by atoms with Crippen LogP contribution in [0.2, 0.25) is 0 Å². The van der Waals surface area contributed by atoms with E-state index in [1.54, 1.807) is 13.2 Å². The third kappa shape index (κ3) is 5.63. The van der Waals surface area contributed by atoms with Gasteiger partial charge in [0, 0.05) is 17.6 Å². The van der Waals surface area contributed by atoms with Gasteiger partial charge in [-0.3, -0.25) is 9.59 Å². The molecule has 1 aromatic heterocycles. The fourth-order valence-corrected chi connectivity index (χ4v) is 3.11. The number of para-hydroxylation sites is 1. The maximum Gasteiger partial charge on any atom is 0.252 e. The van der Waals surface area contributed by atoms with Crippen LogP contribution in [-0.2, 0) is 17.8 Å². The summed E-state index contributed by atoms with van der Waals surface area (Å²) in [6.45, 7) is 5.27. The second kappa shape index (κ2) is 9.96. The van der Waals surface area contributed by atoms with Gasteiger partial charge in [-0.25, -0.2) is 0 Å². The number of pyridine rings is 1. The van der Waals surface area contributed by atoms with Gasteiger partial charge in [-0.2, -0.15) is 0 Å². The van der Waals surface area contributed by atoms with E-state index in [-0.39, 0.29) is 17.9 Å². The van der Waals surface area contributed by atoms with E-state index in [1.165, 1.54) is 0 Å². The van der Waals surface area contributed by atoms with E-state index in [0.717, 1.165) is 22.9 Å². The molecule has 0 saturated carbocycles. The lowest BCUT2D eigenvalue weighted by atomic mass is 10.1. The molecular formula is C24H28N2O4. The summed E-state index contributed by atoms with van der Waals surface area (Å²) in [5.74, 6) is 1.68. The van der Waals surface area contributed by atoms with Crippen LogP contribution in [0.15, 0.2) is 53.3 Å². The first-order chi connectivity index (χ1) is 14.5. The molecule has 0 atom stereocenters. The number of nitrogens with one attached hydrogen (secondary N) is 2. The Morgan fingerprint density at radius 3 is 2.67 bits per heavy atom. The highest BCUT2D eigenvalue weighted by Crippen LogP contribution is 2.28. The molecule has 1 heterocycles. The summed E-state index contributed by atoms with van der Waals surface area (Å²) in [4.78, 5) is 27.4. The van der Waals surface area contributed by atoms with Crippen LogP contribution in [0.4, 0.5) is 0 Å². The van der Waals surface area contributed by atoms with E-state index >= 15 is 0 Å². The Labute approximate surface area is 176 Å². The first kappa shape index (κ1) is 21.4. The minimum atomic E-state index is -0.242. The van der Waals surface area contributed by atoms with Crippen LogP contribution < -0.4 is 20.3 Å². The molecule has 0 aliphatic heterocycles. The molecule has 0 saturated heterocycles. The van der Waals surface area contributed by atoms with Gasteiger partial charge in [0.2, 0.25) is 5.91 Å². The highest BCUT2D eigenvalue weighted by Gasteiger charge is 2.10. The van der Waals surface area contributed by atoms with Gasteiger partial charge in [0.25, 0.3) is 5.56 Å². The van der Waals surface area contributed by atoms with Crippen molar-refractivity contribution in [2.24, 2.45) is 5.92 Å². The molecule has 0 bridgehead atoms. The quantitative estimate of drug-likeness (QED) is 0.564. The van der Waals surface area contributed by atoms with Crippen molar-refractivity contribution in [3.8, 4) is 11.5 Å². The van der Waals surface area contributed by atoms with E-state index < -0.39 is 0 Å². The van der Waals surface area contributed by atoms with Gasteiger partial charge in [-0.1, -0.05) is 38.1 Å². The fourth-order valence-electron chi connectivity index (χ4n) is 3.11. The van der Waals surface area contributed by atoms with Gasteiger partial charge in [-0.15, -0.1) is 0 Å². The van der Waals surface area contributed by atoms with Crippen molar-refractivity contribution < 1.29 is 14.3 Å². The molecule has 6 nitrogen and oxygen atoms in total. The average molecular weight is 408 g/mol. The molecule has 2 aromatic carbocycles. The van der Waals surface area contributed by atoms with E-state index in [4.69, 9.17) is 9.47 Å². The van der Waals surface area contributed by atoms with Crippen LogP contribution in [0.3, 0.4) is 0 Å². The summed E-state index contributed by atoms with van der Waals surface area (Å²) in [5.41, 5.74) is 1.85. The lowest BCUT2D eigenvalue weighted by molar-refractivity contribution is -0.120. The van der Waals surface area contributed by atoms with Crippen molar-refractivity contribution in [1.29, 1.82) is 0 Å². The lowest BCUT2D eigenvalue weighted by Gasteiger charge is -2.13. The highest BCUT2D eigenvalue weighted by molar-refractivity contribution is 5.82. The first-order valence-electron chi connectivity index (χ1n) is 10.1. The number of carbonyl (C=O) groups is 1. The molecule has 0 radical (unpaired) electrons. The number of carbonyl (C=O) groups excluding carboxylic acids is 1. The van der Waals surface area contributed by atoms with Gasteiger partial charge < -0.3 is 19.8 Å². The Morgan fingerprint density at radius 1 is 1.10 bits per heavy atom. The number of benzene rings is 2. The van der Waals surface area contributed by atoms with E-state index in [9.17, 15) is 9.59 Å². The molecule has 0 fully saturated rings. The van der Waals surface area contributed by atoms with Crippen molar-refractivity contribution in [3.05, 3.63) is 70.0 Å². The van der Waals surface area contributed by atoms with E-state index in [2.05, 4.69) is 24.1 Å². The largest absolute Gasteiger partial charge is 0.493 e. The molecule has 0 aliphatic carbocycles. The zero-order chi connectivity index (χ0) is 21.5. The minimum absolute atomic E-state index is 0.0215. The second-order valence-corrected chi connectivity index (χ2v) is 7.68. The highest BCUT2D eigenvalue weighted by atomic mass is 16.5. The van der Waals surface area contributed by atoms with Crippen LogP contribution in [0.1, 0.15) is 31.4 Å². The smallest absolute Gasteiger partial charge is 0.252 e. The zero-order valence-corrected chi connectivity index (χ0v) is 17.7. The molecule has 2 N–H and O–H groups in total. The topological polar surface area (TPSA) is 80.4 Å². The van der Waals surface area contributed by atoms with Crippen molar-refractivity contribution in [2.45, 2.75) is 33.2 Å². The van der Waals surface area contributed by atoms with Crippen LogP contribution in [0, 0.1) is 5.92 Å². The summed E-state index contributed by atoms with van der Waals surface area (Å²) < 4.78 is 11.2. The number of hydrogen-bond donors (Lipinski definition) is 2.